The highest BCUT2D eigenvalue weighted by Gasteiger charge is 2.13. The smallest absolute Gasteiger partial charge is 0.273 e. The van der Waals surface area contributed by atoms with E-state index in [9.17, 15) is 4.79 Å². The third-order valence-corrected chi connectivity index (χ3v) is 3.15. The van der Waals surface area contributed by atoms with Gasteiger partial charge in [0.25, 0.3) is 5.91 Å². The zero-order chi connectivity index (χ0) is 14.7. The van der Waals surface area contributed by atoms with Crippen LogP contribution in [0.1, 0.15) is 16.1 Å². The minimum absolute atomic E-state index is 0.127. The molecule has 5 nitrogen and oxygen atoms in total. The van der Waals surface area contributed by atoms with E-state index >= 15 is 0 Å². The van der Waals surface area contributed by atoms with E-state index in [2.05, 4.69) is 5.10 Å². The summed E-state index contributed by atoms with van der Waals surface area (Å²) in [4.78, 5) is 13.4. The Morgan fingerprint density at radius 1 is 1.40 bits per heavy atom. The Bertz CT molecular complexity index is 621. The summed E-state index contributed by atoms with van der Waals surface area (Å²) in [7, 11) is 3.40. The second kappa shape index (κ2) is 6.07. The molecule has 0 spiro atoms. The number of carbonyl (C=O) groups excluding carboxylic acids is 1. The van der Waals surface area contributed by atoms with E-state index in [0.717, 1.165) is 11.3 Å². The monoisotopic (exact) mass is 292 g/mol. The summed E-state index contributed by atoms with van der Waals surface area (Å²) >= 11 is 6.01. The zero-order valence-electron chi connectivity index (χ0n) is 11.5. The highest BCUT2D eigenvalue weighted by molar-refractivity contribution is 6.30. The van der Waals surface area contributed by atoms with E-state index in [1.807, 2.05) is 12.1 Å². The minimum atomic E-state index is -0.127. The second-order valence-corrected chi connectivity index (χ2v) is 5.09. The lowest BCUT2D eigenvalue weighted by Gasteiger charge is -2.10. The van der Waals surface area contributed by atoms with Crippen LogP contribution in [0.3, 0.4) is 0 Å². The van der Waals surface area contributed by atoms with Crippen LogP contribution in [0.5, 0.6) is 0 Å². The van der Waals surface area contributed by atoms with E-state index in [-0.39, 0.29) is 5.91 Å². The number of aromatic nitrogens is 2. The molecule has 0 fully saturated rings. The first-order valence-electron chi connectivity index (χ1n) is 6.29. The van der Waals surface area contributed by atoms with Crippen molar-refractivity contribution >= 4 is 17.5 Å². The van der Waals surface area contributed by atoms with Crippen molar-refractivity contribution in [2.24, 2.45) is 5.73 Å². The van der Waals surface area contributed by atoms with Gasteiger partial charge in [-0.15, -0.1) is 0 Å². The average molecular weight is 293 g/mol. The minimum Gasteiger partial charge on any atom is -0.343 e. The molecule has 1 aromatic carbocycles. The van der Waals surface area contributed by atoms with Gasteiger partial charge in [-0.1, -0.05) is 11.6 Å². The van der Waals surface area contributed by atoms with Crippen molar-refractivity contribution in [1.82, 2.24) is 14.7 Å². The summed E-state index contributed by atoms with van der Waals surface area (Å²) in [6, 6.07) is 7.25. The molecule has 0 aliphatic rings. The van der Waals surface area contributed by atoms with Crippen LogP contribution in [-0.4, -0.2) is 41.2 Å². The Morgan fingerprint density at radius 3 is 2.80 bits per heavy atom. The fraction of sp³-hybridized carbons (Fsp3) is 0.286. The number of halogens is 1. The number of nitrogens with zero attached hydrogens (tertiary/aromatic N) is 3. The van der Waals surface area contributed by atoms with Gasteiger partial charge in [-0.25, -0.2) is 4.68 Å². The molecule has 2 aromatic rings. The molecule has 1 heterocycles. The number of amides is 1. The lowest BCUT2D eigenvalue weighted by atomic mass is 10.1. The molecular weight excluding hydrogens is 276 g/mol. The van der Waals surface area contributed by atoms with Gasteiger partial charge in [0.05, 0.1) is 5.69 Å². The van der Waals surface area contributed by atoms with E-state index in [1.54, 1.807) is 37.1 Å². The molecule has 0 unspecified atom stereocenters. The van der Waals surface area contributed by atoms with Crippen LogP contribution >= 0.6 is 11.6 Å². The molecule has 106 valence electrons. The van der Waals surface area contributed by atoms with Gasteiger partial charge >= 0.3 is 0 Å². The van der Waals surface area contributed by atoms with Crippen molar-refractivity contribution in [1.29, 1.82) is 0 Å². The lowest BCUT2D eigenvalue weighted by Crippen LogP contribution is -2.22. The molecule has 0 aliphatic heterocycles. The maximum absolute atomic E-state index is 11.9. The molecule has 0 aliphatic carbocycles. The second-order valence-electron chi connectivity index (χ2n) is 4.66. The Labute approximate surface area is 122 Å². The summed E-state index contributed by atoms with van der Waals surface area (Å²) in [6.07, 6.45) is 2.46. The maximum atomic E-state index is 11.9. The van der Waals surface area contributed by atoms with Crippen LogP contribution < -0.4 is 5.73 Å². The topological polar surface area (TPSA) is 64.2 Å². The molecule has 20 heavy (non-hydrogen) atoms. The molecule has 2 rings (SSSR count). The van der Waals surface area contributed by atoms with Crippen molar-refractivity contribution < 1.29 is 4.79 Å². The molecule has 6 heteroatoms. The summed E-state index contributed by atoms with van der Waals surface area (Å²) in [5.74, 6) is -0.127. The predicted molar refractivity (Wildman–Crippen MR) is 79.3 cm³/mol. The van der Waals surface area contributed by atoms with Gasteiger partial charge in [-0.2, -0.15) is 5.10 Å². The van der Waals surface area contributed by atoms with E-state index in [4.69, 9.17) is 17.3 Å². The van der Waals surface area contributed by atoms with Crippen LogP contribution in [0.15, 0.2) is 30.5 Å². The fourth-order valence-electron chi connectivity index (χ4n) is 1.93. The fourth-order valence-corrected chi connectivity index (χ4v) is 2.13. The first-order chi connectivity index (χ1) is 9.52. The third kappa shape index (κ3) is 3.00. The molecule has 0 atom stereocenters. The Hall–Kier alpha value is -1.85. The largest absolute Gasteiger partial charge is 0.343 e. The summed E-state index contributed by atoms with van der Waals surface area (Å²) in [5.41, 5.74) is 7.92. The molecule has 1 amide bonds. The Kier molecular flexibility index (Phi) is 4.42. The highest BCUT2D eigenvalue weighted by atomic mass is 35.5. The number of rotatable bonds is 4. The lowest BCUT2D eigenvalue weighted by molar-refractivity contribution is 0.0821. The van der Waals surface area contributed by atoms with Crippen molar-refractivity contribution in [3.05, 3.63) is 46.7 Å². The number of hydrogen-bond acceptors (Lipinski definition) is 3. The van der Waals surface area contributed by atoms with Gasteiger partial charge in [-0.05, 0) is 42.8 Å². The normalized spacial score (nSPS) is 10.6. The van der Waals surface area contributed by atoms with Crippen molar-refractivity contribution in [3.8, 4) is 5.69 Å². The van der Waals surface area contributed by atoms with Crippen LogP contribution in [0, 0.1) is 0 Å². The third-order valence-electron chi connectivity index (χ3n) is 2.92. The highest BCUT2D eigenvalue weighted by Crippen LogP contribution is 2.20. The average Bonchev–Trinajstić information content (AvgIpc) is 2.87. The zero-order valence-corrected chi connectivity index (χ0v) is 12.3. The maximum Gasteiger partial charge on any atom is 0.273 e. The van der Waals surface area contributed by atoms with Crippen molar-refractivity contribution in [2.45, 2.75) is 6.42 Å². The summed E-state index contributed by atoms with van der Waals surface area (Å²) in [6.45, 7) is 0.526. The van der Waals surface area contributed by atoms with Crippen LogP contribution in [0.25, 0.3) is 5.69 Å². The molecular formula is C14H17ClN4O. The van der Waals surface area contributed by atoms with Gasteiger partial charge < -0.3 is 10.6 Å². The number of hydrogen-bond donors (Lipinski definition) is 1. The molecule has 0 bridgehead atoms. The molecule has 2 N–H and O–H groups in total. The Balaban J connectivity index is 2.39. The van der Waals surface area contributed by atoms with Crippen LogP contribution in [0.2, 0.25) is 5.02 Å². The molecule has 0 saturated carbocycles. The van der Waals surface area contributed by atoms with Gasteiger partial charge in [0.2, 0.25) is 0 Å². The quantitative estimate of drug-likeness (QED) is 0.933. The van der Waals surface area contributed by atoms with E-state index in [0.29, 0.717) is 23.7 Å². The summed E-state index contributed by atoms with van der Waals surface area (Å²) in [5, 5.41) is 4.98. The first kappa shape index (κ1) is 14.6. The van der Waals surface area contributed by atoms with Crippen molar-refractivity contribution in [2.75, 3.05) is 20.6 Å². The molecule has 1 aromatic heterocycles. The van der Waals surface area contributed by atoms with E-state index < -0.39 is 0 Å². The molecule has 0 radical (unpaired) electrons. The molecule has 0 saturated heterocycles. The van der Waals surface area contributed by atoms with Gasteiger partial charge in [0.1, 0.15) is 0 Å². The standard InChI is InChI=1S/C14H17ClN4O/c1-18(2)14(20)12-6-8-19(17-12)13-4-3-11(15)9-10(13)5-7-16/h3-4,6,8-9H,5,7,16H2,1-2H3. The number of nitrogens with two attached hydrogens (primary N) is 1. The summed E-state index contributed by atoms with van der Waals surface area (Å²) < 4.78 is 1.68. The van der Waals surface area contributed by atoms with Gasteiger partial charge in [0, 0.05) is 25.3 Å². The predicted octanol–water partition coefficient (Wildman–Crippen LogP) is 1.73. The SMILES string of the molecule is CN(C)C(=O)c1ccn(-c2ccc(Cl)cc2CCN)n1. The number of benzene rings is 1. The Morgan fingerprint density at radius 2 is 2.15 bits per heavy atom. The van der Waals surface area contributed by atoms with Crippen LogP contribution in [-0.2, 0) is 6.42 Å². The van der Waals surface area contributed by atoms with Crippen molar-refractivity contribution in [3.63, 3.8) is 0 Å². The number of carbonyl (C=O) groups is 1. The first-order valence-corrected chi connectivity index (χ1v) is 6.67. The van der Waals surface area contributed by atoms with Gasteiger partial charge in [0.15, 0.2) is 5.69 Å². The van der Waals surface area contributed by atoms with Crippen LogP contribution in [0.4, 0.5) is 0 Å². The van der Waals surface area contributed by atoms with Gasteiger partial charge in [-0.3, -0.25) is 4.79 Å². The van der Waals surface area contributed by atoms with E-state index in [1.165, 1.54) is 4.90 Å².